The number of nitrogens with zero attached hydrogens (tertiary/aromatic N) is 8. The van der Waals surface area contributed by atoms with Crippen LogP contribution >= 0.6 is 0 Å². The first-order valence-electron chi connectivity index (χ1n) is 19.4. The van der Waals surface area contributed by atoms with Gasteiger partial charge < -0.3 is 0 Å². The molecule has 0 unspecified atom stereocenters. The fourth-order valence-corrected chi connectivity index (χ4v) is 6.78. The molecule has 0 aliphatic carbocycles. The maximum atomic E-state index is 2.31. The van der Waals surface area contributed by atoms with Gasteiger partial charge in [0.15, 0.2) is 0 Å². The van der Waals surface area contributed by atoms with Crippen molar-refractivity contribution in [3.05, 3.63) is 206 Å². The third-order valence-corrected chi connectivity index (χ3v) is 9.70. The fraction of sp³-hybridized carbons (Fsp3) is 0.261. The third kappa shape index (κ3) is 11.5. The van der Waals surface area contributed by atoms with E-state index in [0.29, 0.717) is 0 Å². The summed E-state index contributed by atoms with van der Waals surface area (Å²) in [5, 5.41) is 0. The fourth-order valence-electron chi connectivity index (χ4n) is 6.78. The number of hydrogen-bond donors (Lipinski definition) is 0. The summed E-state index contributed by atoms with van der Waals surface area (Å²) in [6.07, 6.45) is 39.5. The molecule has 0 spiro atoms. The molecule has 7 aromatic rings. The molecule has 8 heteroatoms. The average Bonchev–Trinajstić information content (AvgIpc) is 4.03. The molecule has 54 heavy (non-hydrogen) atoms. The van der Waals surface area contributed by atoms with Crippen molar-refractivity contribution in [3.8, 4) is 0 Å². The van der Waals surface area contributed by atoms with Gasteiger partial charge in [-0.1, -0.05) is 109 Å². The largest absolute Gasteiger partial charge is 0.244 e. The van der Waals surface area contributed by atoms with Gasteiger partial charge in [-0.3, -0.25) is 0 Å². The molecule has 0 aliphatic rings. The minimum absolute atomic E-state index is 0.876. The van der Waals surface area contributed by atoms with Crippen molar-refractivity contribution < 1.29 is 18.3 Å². The number of hydrogen-bond acceptors (Lipinski definition) is 0. The quantitative estimate of drug-likeness (QED) is 0.0655. The standard InChI is InChI=1S/C46H54N8/c1(11-23-47-27-31-51(39-47)35-43-15-7-5-8-16-43)3-13-25-49-29-33-53(41-49)37-45-19-21-46(22-20-45)38-54-34-30-50(42-54)26-14-4-2-12-24-48-28-32-52(40-48)36-44-17-9-6-10-18-44/h1-10,15-22,27-34,39-42H,11-14,23-26,35-38H2/q+4. The normalized spacial score (nSPS) is 11.7. The molecular weight excluding hydrogens is 665 g/mol. The smallest absolute Gasteiger partial charge is 0.237 e. The van der Waals surface area contributed by atoms with Gasteiger partial charge in [0.25, 0.3) is 0 Å². The summed E-state index contributed by atoms with van der Waals surface area (Å²) in [7, 11) is 0. The van der Waals surface area contributed by atoms with Crippen LogP contribution in [0.3, 0.4) is 0 Å². The van der Waals surface area contributed by atoms with E-state index in [2.05, 4.69) is 221 Å². The van der Waals surface area contributed by atoms with E-state index >= 15 is 0 Å². The lowest BCUT2D eigenvalue weighted by atomic mass is 10.1. The molecule has 274 valence electrons. The van der Waals surface area contributed by atoms with Crippen molar-refractivity contribution in [1.82, 2.24) is 18.3 Å². The van der Waals surface area contributed by atoms with Crippen LogP contribution in [-0.4, -0.2) is 18.3 Å². The van der Waals surface area contributed by atoms with E-state index in [1.165, 1.54) is 22.3 Å². The van der Waals surface area contributed by atoms with E-state index in [0.717, 1.165) is 78.0 Å². The molecule has 4 heterocycles. The van der Waals surface area contributed by atoms with Gasteiger partial charge in [0.05, 0.1) is 26.2 Å². The average molecular weight is 719 g/mol. The van der Waals surface area contributed by atoms with Gasteiger partial charge in [0.2, 0.25) is 25.3 Å². The van der Waals surface area contributed by atoms with Crippen LogP contribution in [0, 0.1) is 0 Å². The van der Waals surface area contributed by atoms with Gasteiger partial charge in [-0.25, -0.2) is 36.5 Å². The Kier molecular flexibility index (Phi) is 12.9. The van der Waals surface area contributed by atoms with E-state index in [4.69, 9.17) is 0 Å². The van der Waals surface area contributed by atoms with Crippen molar-refractivity contribution in [2.75, 3.05) is 0 Å². The second kappa shape index (κ2) is 19.2. The Balaban J connectivity index is 0.760. The predicted octanol–water partition coefficient (Wildman–Crippen LogP) is 6.31. The van der Waals surface area contributed by atoms with Gasteiger partial charge in [0.1, 0.15) is 75.8 Å². The molecule has 7 rings (SSSR count). The molecule has 0 saturated carbocycles. The highest BCUT2D eigenvalue weighted by Crippen LogP contribution is 2.06. The third-order valence-electron chi connectivity index (χ3n) is 9.70. The molecule has 0 bridgehead atoms. The molecule has 3 aromatic carbocycles. The van der Waals surface area contributed by atoms with Crippen molar-refractivity contribution >= 4 is 0 Å². The summed E-state index contributed by atoms with van der Waals surface area (Å²) in [5.41, 5.74) is 5.28. The van der Waals surface area contributed by atoms with Crippen LogP contribution < -0.4 is 18.3 Å². The zero-order valence-electron chi connectivity index (χ0n) is 31.4. The number of imidazole rings is 4. The van der Waals surface area contributed by atoms with E-state index in [9.17, 15) is 0 Å². The lowest BCUT2D eigenvalue weighted by molar-refractivity contribution is -0.688. The number of benzene rings is 3. The van der Waals surface area contributed by atoms with E-state index in [1.807, 2.05) is 0 Å². The maximum Gasteiger partial charge on any atom is 0.244 e. The maximum absolute atomic E-state index is 2.31. The second-order valence-electron chi connectivity index (χ2n) is 14.2. The molecule has 8 nitrogen and oxygen atoms in total. The van der Waals surface area contributed by atoms with Crippen LogP contribution in [0.4, 0.5) is 0 Å². The number of rotatable bonds is 20. The highest BCUT2D eigenvalue weighted by atomic mass is 15.1. The van der Waals surface area contributed by atoms with E-state index < -0.39 is 0 Å². The SMILES string of the molecule is C(=CCCn1cc[n+](Cc2ccc(C[n+]3ccn(CCC=CCCn4cc[n+](Cc5ccccc5)c4)c3)cc2)c1)CCn1cc[n+](Cc2ccccc2)c1. The highest BCUT2D eigenvalue weighted by molar-refractivity contribution is 5.21. The van der Waals surface area contributed by atoms with Crippen LogP contribution in [-0.2, 0) is 52.4 Å². The van der Waals surface area contributed by atoms with Gasteiger partial charge in [-0.2, -0.15) is 0 Å². The van der Waals surface area contributed by atoms with Crippen molar-refractivity contribution in [3.63, 3.8) is 0 Å². The van der Waals surface area contributed by atoms with E-state index in [1.54, 1.807) is 0 Å². The molecular formula is C46H54N8+4. The Labute approximate surface area is 320 Å². The highest BCUT2D eigenvalue weighted by Gasteiger charge is 2.08. The second-order valence-corrected chi connectivity index (χ2v) is 14.2. The van der Waals surface area contributed by atoms with Crippen molar-refractivity contribution in [1.29, 1.82) is 0 Å². The molecule has 0 atom stereocenters. The molecule has 0 amide bonds. The molecule has 0 N–H and O–H groups in total. The number of aromatic nitrogens is 8. The monoisotopic (exact) mass is 718 g/mol. The Morgan fingerprint density at radius 3 is 0.870 bits per heavy atom. The van der Waals surface area contributed by atoms with Gasteiger partial charge in [0, 0.05) is 25.7 Å². The summed E-state index contributed by atoms with van der Waals surface area (Å²) in [4.78, 5) is 0. The minimum Gasteiger partial charge on any atom is -0.237 e. The molecule has 4 aromatic heterocycles. The van der Waals surface area contributed by atoms with Gasteiger partial charge >= 0.3 is 0 Å². The Hall–Kier alpha value is -6.02. The number of allylic oxidation sites excluding steroid dienone is 4. The van der Waals surface area contributed by atoms with Crippen LogP contribution in [0.2, 0.25) is 0 Å². The lowest BCUT2D eigenvalue weighted by Gasteiger charge is -2.01. The Morgan fingerprint density at radius 1 is 0.333 bits per heavy atom. The van der Waals surface area contributed by atoms with Gasteiger partial charge in [-0.05, 0) is 22.3 Å². The topological polar surface area (TPSA) is 35.2 Å². The first kappa shape index (κ1) is 36.3. The first-order chi connectivity index (χ1) is 26.7. The Morgan fingerprint density at radius 2 is 0.593 bits per heavy atom. The van der Waals surface area contributed by atoms with Crippen LogP contribution in [0.15, 0.2) is 184 Å². The van der Waals surface area contributed by atoms with Crippen LogP contribution in [0.5, 0.6) is 0 Å². The summed E-state index contributed by atoms with van der Waals surface area (Å²) in [5.74, 6) is 0. The summed E-state index contributed by atoms with van der Waals surface area (Å²) >= 11 is 0. The molecule has 0 saturated heterocycles. The molecule has 0 radical (unpaired) electrons. The van der Waals surface area contributed by atoms with Gasteiger partial charge in [-0.15, -0.1) is 0 Å². The van der Waals surface area contributed by atoms with Crippen molar-refractivity contribution in [2.24, 2.45) is 0 Å². The number of aryl methyl sites for hydroxylation is 4. The molecule has 0 aliphatic heterocycles. The predicted molar refractivity (Wildman–Crippen MR) is 211 cm³/mol. The zero-order valence-corrected chi connectivity index (χ0v) is 31.4. The van der Waals surface area contributed by atoms with E-state index in [-0.39, 0.29) is 0 Å². The minimum atomic E-state index is 0.876. The first-order valence-corrected chi connectivity index (χ1v) is 19.4. The zero-order chi connectivity index (χ0) is 36.6. The van der Waals surface area contributed by atoms with Crippen LogP contribution in [0.25, 0.3) is 0 Å². The summed E-state index contributed by atoms with van der Waals surface area (Å²) in [6.45, 7) is 7.54. The van der Waals surface area contributed by atoms with Crippen molar-refractivity contribution in [2.45, 2.75) is 78.0 Å². The summed E-state index contributed by atoms with van der Waals surface area (Å²) in [6, 6.07) is 30.2. The summed E-state index contributed by atoms with van der Waals surface area (Å²) < 4.78 is 18.1. The molecule has 0 fully saturated rings. The lowest BCUT2D eigenvalue weighted by Crippen LogP contribution is -2.32. The van der Waals surface area contributed by atoms with Crippen LogP contribution in [0.1, 0.15) is 47.9 Å². The Bertz CT molecular complexity index is 2020.